The molecule has 1 aromatic heterocycles. The van der Waals surface area contributed by atoms with Crippen molar-refractivity contribution in [2.75, 3.05) is 0 Å². The number of hydrogen-bond donors (Lipinski definition) is 2. The highest BCUT2D eigenvalue weighted by Crippen LogP contribution is 2.32. The van der Waals surface area contributed by atoms with Crippen LogP contribution in [-0.4, -0.2) is 4.98 Å². The number of hydrogen-bond acceptors (Lipinski definition) is 1. The number of fused-ring (bicyclic) bond motifs is 1. The Morgan fingerprint density at radius 2 is 1.57 bits per heavy atom. The van der Waals surface area contributed by atoms with E-state index in [1.807, 2.05) is 0 Å². The van der Waals surface area contributed by atoms with Gasteiger partial charge in [-0.1, -0.05) is 90.1 Å². The SMILES string of the molecule is C=C(N/C(=C(\CC)c1ccccc1)c1ccc(Br)cc1)c1c(C)[nH]c2ccccc12. The molecule has 0 aliphatic rings. The first-order chi connectivity index (χ1) is 14.6. The predicted molar refractivity (Wildman–Crippen MR) is 133 cm³/mol. The van der Waals surface area contributed by atoms with Gasteiger partial charge in [0.15, 0.2) is 0 Å². The van der Waals surface area contributed by atoms with Crippen LogP contribution in [0.3, 0.4) is 0 Å². The number of halogens is 1. The van der Waals surface area contributed by atoms with Gasteiger partial charge < -0.3 is 10.3 Å². The summed E-state index contributed by atoms with van der Waals surface area (Å²) in [6.07, 6.45) is 0.905. The molecule has 0 bridgehead atoms. The van der Waals surface area contributed by atoms with Gasteiger partial charge in [-0.15, -0.1) is 0 Å². The summed E-state index contributed by atoms with van der Waals surface area (Å²) in [5, 5.41) is 4.87. The minimum atomic E-state index is 0.893. The highest BCUT2D eigenvalue weighted by Gasteiger charge is 2.16. The van der Waals surface area contributed by atoms with Crippen LogP contribution in [-0.2, 0) is 0 Å². The normalized spacial score (nSPS) is 12.0. The predicted octanol–water partition coefficient (Wildman–Crippen LogP) is 7.78. The van der Waals surface area contributed by atoms with Crippen LogP contribution in [0.2, 0.25) is 0 Å². The van der Waals surface area contributed by atoms with Crippen LogP contribution in [0.4, 0.5) is 0 Å². The third-order valence-electron chi connectivity index (χ3n) is 5.38. The molecule has 3 aromatic carbocycles. The van der Waals surface area contributed by atoms with Gasteiger partial charge >= 0.3 is 0 Å². The molecule has 2 nitrogen and oxygen atoms in total. The van der Waals surface area contributed by atoms with Crippen molar-refractivity contribution in [2.45, 2.75) is 20.3 Å². The van der Waals surface area contributed by atoms with Crippen molar-refractivity contribution >= 4 is 43.8 Å². The number of aryl methyl sites for hydroxylation is 1. The molecule has 0 amide bonds. The molecule has 0 unspecified atom stereocenters. The molecule has 0 radical (unpaired) electrons. The largest absolute Gasteiger partial charge is 0.358 e. The highest BCUT2D eigenvalue weighted by atomic mass is 79.9. The van der Waals surface area contributed by atoms with E-state index in [9.17, 15) is 0 Å². The lowest BCUT2D eigenvalue weighted by atomic mass is 9.96. The smallest absolute Gasteiger partial charge is 0.0496 e. The zero-order valence-electron chi connectivity index (χ0n) is 17.3. The Morgan fingerprint density at radius 3 is 2.27 bits per heavy atom. The van der Waals surface area contributed by atoms with Gasteiger partial charge in [0.2, 0.25) is 0 Å². The van der Waals surface area contributed by atoms with Crippen LogP contribution in [0.25, 0.3) is 27.9 Å². The quantitative estimate of drug-likeness (QED) is 0.284. The summed E-state index contributed by atoms with van der Waals surface area (Å²) >= 11 is 3.55. The number of para-hydroxylation sites is 1. The van der Waals surface area contributed by atoms with Gasteiger partial charge in [0.25, 0.3) is 0 Å². The van der Waals surface area contributed by atoms with Crippen LogP contribution in [0.15, 0.2) is 89.9 Å². The molecule has 3 heteroatoms. The van der Waals surface area contributed by atoms with Gasteiger partial charge in [0.05, 0.1) is 0 Å². The summed E-state index contributed by atoms with van der Waals surface area (Å²) in [7, 11) is 0. The summed E-state index contributed by atoms with van der Waals surface area (Å²) in [6, 6.07) is 27.4. The zero-order valence-corrected chi connectivity index (χ0v) is 18.9. The van der Waals surface area contributed by atoms with E-state index in [0.29, 0.717) is 0 Å². The van der Waals surface area contributed by atoms with Crippen molar-refractivity contribution in [1.82, 2.24) is 10.3 Å². The van der Waals surface area contributed by atoms with E-state index in [2.05, 4.69) is 126 Å². The fourth-order valence-corrected chi connectivity index (χ4v) is 4.25. The van der Waals surface area contributed by atoms with Crippen molar-refractivity contribution in [3.05, 3.63) is 112 Å². The Morgan fingerprint density at radius 1 is 0.900 bits per heavy atom. The molecule has 0 saturated heterocycles. The molecule has 0 aliphatic heterocycles. The minimum Gasteiger partial charge on any atom is -0.358 e. The Bertz CT molecular complexity index is 1210. The lowest BCUT2D eigenvalue weighted by Crippen LogP contribution is -2.13. The van der Waals surface area contributed by atoms with Crippen LogP contribution < -0.4 is 5.32 Å². The molecule has 30 heavy (non-hydrogen) atoms. The first-order valence-electron chi connectivity index (χ1n) is 10.2. The number of benzene rings is 3. The van der Waals surface area contributed by atoms with Gasteiger partial charge in [-0.25, -0.2) is 0 Å². The van der Waals surface area contributed by atoms with E-state index in [1.54, 1.807) is 0 Å². The molecule has 2 N–H and O–H groups in total. The third-order valence-corrected chi connectivity index (χ3v) is 5.91. The van der Waals surface area contributed by atoms with Gasteiger partial charge in [0.1, 0.15) is 0 Å². The zero-order chi connectivity index (χ0) is 21.1. The second-order valence-corrected chi connectivity index (χ2v) is 8.27. The summed E-state index contributed by atoms with van der Waals surface area (Å²) in [6.45, 7) is 8.72. The fraction of sp³-hybridized carbons (Fsp3) is 0.111. The van der Waals surface area contributed by atoms with Crippen molar-refractivity contribution in [2.24, 2.45) is 0 Å². The molecule has 0 saturated carbocycles. The Hall–Kier alpha value is -3.04. The van der Waals surface area contributed by atoms with E-state index in [0.717, 1.165) is 44.6 Å². The van der Waals surface area contributed by atoms with Crippen molar-refractivity contribution in [1.29, 1.82) is 0 Å². The molecule has 1 heterocycles. The first kappa shape index (κ1) is 20.2. The molecule has 4 rings (SSSR count). The standard InChI is InChI=1S/C27H25BrN2/c1-4-23(20-10-6-5-7-11-20)27(21-14-16-22(28)17-15-21)30-19(3)26-18(2)29-25-13-9-8-12-24(25)26/h5-17,29-30H,3-4H2,1-2H3/b27-23+. The van der Waals surface area contributed by atoms with Crippen LogP contribution in [0, 0.1) is 6.92 Å². The van der Waals surface area contributed by atoms with Crippen LogP contribution in [0.5, 0.6) is 0 Å². The lowest BCUT2D eigenvalue weighted by Gasteiger charge is -2.19. The van der Waals surface area contributed by atoms with E-state index in [1.165, 1.54) is 16.5 Å². The maximum absolute atomic E-state index is 4.43. The second-order valence-electron chi connectivity index (χ2n) is 7.35. The van der Waals surface area contributed by atoms with Crippen molar-refractivity contribution < 1.29 is 0 Å². The fourth-order valence-electron chi connectivity index (χ4n) is 3.98. The number of allylic oxidation sites excluding steroid dienone is 1. The minimum absolute atomic E-state index is 0.893. The van der Waals surface area contributed by atoms with E-state index in [4.69, 9.17) is 0 Å². The second kappa shape index (κ2) is 8.76. The van der Waals surface area contributed by atoms with Crippen molar-refractivity contribution in [3.63, 3.8) is 0 Å². The summed E-state index contributed by atoms with van der Waals surface area (Å²) < 4.78 is 1.06. The summed E-state index contributed by atoms with van der Waals surface area (Å²) in [4.78, 5) is 3.48. The number of aromatic nitrogens is 1. The topological polar surface area (TPSA) is 27.8 Å². The Balaban J connectivity index is 1.84. The van der Waals surface area contributed by atoms with Crippen molar-refractivity contribution in [3.8, 4) is 0 Å². The lowest BCUT2D eigenvalue weighted by molar-refractivity contribution is 1.17. The molecule has 0 fully saturated rings. The van der Waals surface area contributed by atoms with Gasteiger partial charge in [0, 0.05) is 38.0 Å². The Kier molecular flexibility index (Phi) is 5.91. The highest BCUT2D eigenvalue weighted by molar-refractivity contribution is 9.10. The maximum atomic E-state index is 4.43. The van der Waals surface area contributed by atoms with Gasteiger partial charge in [-0.2, -0.15) is 0 Å². The molecule has 0 spiro atoms. The number of rotatable bonds is 6. The number of nitrogens with one attached hydrogen (secondary N) is 2. The van der Waals surface area contributed by atoms with Gasteiger partial charge in [-0.05, 0) is 48.2 Å². The number of H-pyrrole nitrogens is 1. The third kappa shape index (κ3) is 3.99. The molecule has 0 atom stereocenters. The average molecular weight is 457 g/mol. The van der Waals surface area contributed by atoms with E-state index >= 15 is 0 Å². The average Bonchev–Trinajstić information content (AvgIpc) is 3.10. The molecular formula is C27H25BrN2. The van der Waals surface area contributed by atoms with Crippen LogP contribution in [0.1, 0.15) is 35.7 Å². The van der Waals surface area contributed by atoms with E-state index in [-0.39, 0.29) is 0 Å². The monoisotopic (exact) mass is 456 g/mol. The Labute approximate surface area is 186 Å². The first-order valence-corrected chi connectivity index (χ1v) is 11.0. The summed E-state index contributed by atoms with van der Waals surface area (Å²) in [5.41, 5.74) is 8.96. The molecule has 150 valence electrons. The van der Waals surface area contributed by atoms with Gasteiger partial charge in [-0.3, -0.25) is 0 Å². The molecular weight excluding hydrogens is 432 g/mol. The molecule has 4 aromatic rings. The summed E-state index contributed by atoms with van der Waals surface area (Å²) in [5.74, 6) is 0. The number of aromatic amines is 1. The molecule has 0 aliphatic carbocycles. The van der Waals surface area contributed by atoms with E-state index < -0.39 is 0 Å². The van der Waals surface area contributed by atoms with Crippen LogP contribution >= 0.6 is 15.9 Å². The maximum Gasteiger partial charge on any atom is 0.0496 e.